The van der Waals surface area contributed by atoms with Gasteiger partial charge in [0.05, 0.1) is 0 Å². The monoisotopic (exact) mass is 197 g/mol. The van der Waals surface area contributed by atoms with E-state index in [-0.39, 0.29) is 11.4 Å². The second-order valence-electron chi connectivity index (χ2n) is 4.20. The summed E-state index contributed by atoms with van der Waals surface area (Å²) in [5.41, 5.74) is -0.152. The molecule has 1 aromatic rings. The first-order valence-corrected chi connectivity index (χ1v) is 4.54. The van der Waals surface area contributed by atoms with Gasteiger partial charge in [-0.25, -0.2) is 0 Å². The molecule has 0 aliphatic rings. The maximum Gasteiger partial charge on any atom is 0.381 e. The highest BCUT2D eigenvalue weighted by Gasteiger charge is 2.27. The summed E-state index contributed by atoms with van der Waals surface area (Å²) in [6.07, 6.45) is 2.98. The minimum absolute atomic E-state index is 0.0984. The highest BCUT2D eigenvalue weighted by atomic mass is 16.6. The van der Waals surface area contributed by atoms with Crippen LogP contribution >= 0.6 is 0 Å². The second kappa shape index (κ2) is 3.40. The first-order chi connectivity index (χ1) is 6.35. The lowest BCUT2D eigenvalue weighted by atomic mass is 9.91. The Morgan fingerprint density at radius 3 is 2.50 bits per heavy atom. The molecule has 0 atom stereocenters. The van der Waals surface area contributed by atoms with Crippen LogP contribution in [0.3, 0.4) is 0 Å². The average molecular weight is 197 g/mol. The Bertz CT molecular complexity index is 342. The molecule has 0 radical (unpaired) electrons. The van der Waals surface area contributed by atoms with E-state index in [1.54, 1.807) is 4.57 Å². The molecular weight excluding hydrogens is 182 g/mol. The Balaban J connectivity index is 3.02. The highest BCUT2D eigenvalue weighted by Crippen LogP contribution is 2.26. The lowest BCUT2D eigenvalue weighted by Crippen LogP contribution is -2.31. The van der Waals surface area contributed by atoms with Crippen LogP contribution in [0, 0.1) is 16.0 Å². The first kappa shape index (κ1) is 10.7. The van der Waals surface area contributed by atoms with E-state index in [0.717, 1.165) is 0 Å². The number of hydrogen-bond acceptors (Lipinski definition) is 3. The quantitative estimate of drug-likeness (QED) is 0.551. The fraction of sp³-hybridized carbons (Fsp3) is 0.667. The third kappa shape index (κ3) is 1.76. The van der Waals surface area contributed by atoms with Crippen molar-refractivity contribution < 1.29 is 4.92 Å². The summed E-state index contributed by atoms with van der Waals surface area (Å²) in [6, 6.07) is 0. The molecule has 5 heteroatoms. The van der Waals surface area contributed by atoms with Crippen molar-refractivity contribution in [3.63, 3.8) is 0 Å². The summed E-state index contributed by atoms with van der Waals surface area (Å²) < 4.78 is 1.79. The Morgan fingerprint density at radius 2 is 2.14 bits per heavy atom. The number of nitrogens with zero attached hydrogens (tertiary/aromatic N) is 3. The van der Waals surface area contributed by atoms with Crippen LogP contribution in [0.25, 0.3) is 0 Å². The van der Waals surface area contributed by atoms with Crippen molar-refractivity contribution in [3.05, 3.63) is 22.6 Å². The van der Waals surface area contributed by atoms with E-state index in [9.17, 15) is 10.1 Å². The van der Waals surface area contributed by atoms with E-state index in [2.05, 4.69) is 18.8 Å². The molecule has 0 fully saturated rings. The minimum atomic E-state index is -0.479. The van der Waals surface area contributed by atoms with Crippen LogP contribution in [0.4, 0.5) is 5.82 Å². The molecule has 78 valence electrons. The van der Waals surface area contributed by atoms with Gasteiger partial charge in [0.25, 0.3) is 0 Å². The van der Waals surface area contributed by atoms with Gasteiger partial charge in [0.2, 0.25) is 6.33 Å². The van der Waals surface area contributed by atoms with Crippen LogP contribution in [0.15, 0.2) is 12.5 Å². The standard InChI is InChI=1S/C9H15N3O2/c1-7(2)9(3,4)11-5-8(10-6-11)12(13)14/h5-7H,1-4H3. The van der Waals surface area contributed by atoms with Crippen molar-refractivity contribution in [2.75, 3.05) is 0 Å². The molecular formula is C9H15N3O2. The van der Waals surface area contributed by atoms with E-state index in [1.807, 2.05) is 13.8 Å². The van der Waals surface area contributed by atoms with Crippen molar-refractivity contribution in [3.8, 4) is 0 Å². The number of rotatable bonds is 3. The molecule has 0 saturated carbocycles. The lowest BCUT2D eigenvalue weighted by Gasteiger charge is -2.29. The van der Waals surface area contributed by atoms with Gasteiger partial charge in [-0.1, -0.05) is 13.8 Å². The molecule has 0 unspecified atom stereocenters. The first-order valence-electron chi connectivity index (χ1n) is 4.54. The van der Waals surface area contributed by atoms with Crippen molar-refractivity contribution >= 4 is 5.82 Å². The van der Waals surface area contributed by atoms with E-state index in [1.165, 1.54) is 12.5 Å². The average Bonchev–Trinajstić information content (AvgIpc) is 2.51. The predicted octanol–water partition coefficient (Wildman–Crippen LogP) is 2.18. The fourth-order valence-corrected chi connectivity index (χ4v) is 1.02. The van der Waals surface area contributed by atoms with E-state index >= 15 is 0 Å². The van der Waals surface area contributed by atoms with Crippen molar-refractivity contribution in [2.45, 2.75) is 33.2 Å². The predicted molar refractivity (Wildman–Crippen MR) is 53.0 cm³/mol. The maximum atomic E-state index is 10.4. The topological polar surface area (TPSA) is 61.0 Å². The summed E-state index contributed by atoms with van der Waals surface area (Å²) in [6.45, 7) is 8.21. The summed E-state index contributed by atoms with van der Waals surface area (Å²) in [7, 11) is 0. The summed E-state index contributed by atoms with van der Waals surface area (Å²) >= 11 is 0. The van der Waals surface area contributed by atoms with Crippen LogP contribution in [-0.4, -0.2) is 14.5 Å². The van der Waals surface area contributed by atoms with Crippen LogP contribution in [-0.2, 0) is 5.54 Å². The Kier molecular flexibility index (Phi) is 2.59. The molecule has 0 bridgehead atoms. The SMILES string of the molecule is CC(C)C(C)(C)n1cnc([N+](=O)[O-])c1. The van der Waals surface area contributed by atoms with E-state index in [4.69, 9.17) is 0 Å². The van der Waals surface area contributed by atoms with Gasteiger partial charge in [-0.15, -0.1) is 0 Å². The zero-order valence-electron chi connectivity index (χ0n) is 8.89. The number of hydrogen-bond donors (Lipinski definition) is 0. The van der Waals surface area contributed by atoms with Gasteiger partial charge in [-0.2, -0.15) is 0 Å². The van der Waals surface area contributed by atoms with Gasteiger partial charge in [-0.3, -0.25) is 0 Å². The molecule has 5 nitrogen and oxygen atoms in total. The summed E-state index contributed by atoms with van der Waals surface area (Å²) in [5, 5.41) is 10.4. The van der Waals surface area contributed by atoms with Crippen molar-refractivity contribution in [2.24, 2.45) is 5.92 Å². The Morgan fingerprint density at radius 1 is 1.57 bits per heavy atom. The van der Waals surface area contributed by atoms with Crippen LogP contribution in [0.5, 0.6) is 0 Å². The maximum absolute atomic E-state index is 10.4. The molecule has 0 spiro atoms. The summed E-state index contributed by atoms with van der Waals surface area (Å²) in [4.78, 5) is 13.7. The van der Waals surface area contributed by atoms with E-state index in [0.29, 0.717) is 5.92 Å². The molecule has 0 aliphatic carbocycles. The van der Waals surface area contributed by atoms with Crippen LogP contribution in [0.2, 0.25) is 0 Å². The molecule has 0 N–H and O–H groups in total. The largest absolute Gasteiger partial charge is 0.381 e. The molecule has 0 amide bonds. The van der Waals surface area contributed by atoms with Gasteiger partial charge in [0.15, 0.2) is 0 Å². The molecule has 1 heterocycles. The number of nitro groups is 1. The van der Waals surface area contributed by atoms with Gasteiger partial charge < -0.3 is 14.7 Å². The lowest BCUT2D eigenvalue weighted by molar-refractivity contribution is -0.389. The Labute approximate surface area is 82.9 Å². The third-order valence-electron chi connectivity index (χ3n) is 2.83. The smallest absolute Gasteiger partial charge is 0.358 e. The molecule has 0 saturated heterocycles. The van der Waals surface area contributed by atoms with Gasteiger partial charge in [0, 0.05) is 5.54 Å². The van der Waals surface area contributed by atoms with Gasteiger partial charge in [0.1, 0.15) is 6.20 Å². The van der Waals surface area contributed by atoms with Crippen LogP contribution < -0.4 is 0 Å². The third-order valence-corrected chi connectivity index (χ3v) is 2.83. The number of imidazole rings is 1. The minimum Gasteiger partial charge on any atom is -0.358 e. The molecule has 1 aromatic heterocycles. The highest BCUT2D eigenvalue weighted by molar-refractivity contribution is 5.14. The van der Waals surface area contributed by atoms with Gasteiger partial charge >= 0.3 is 5.82 Å². The zero-order chi connectivity index (χ0) is 10.9. The Hall–Kier alpha value is -1.39. The summed E-state index contributed by atoms with van der Waals surface area (Å²) in [5.74, 6) is 0.287. The van der Waals surface area contributed by atoms with Crippen molar-refractivity contribution in [1.29, 1.82) is 0 Å². The zero-order valence-corrected chi connectivity index (χ0v) is 8.89. The van der Waals surface area contributed by atoms with E-state index < -0.39 is 4.92 Å². The van der Waals surface area contributed by atoms with Crippen LogP contribution in [0.1, 0.15) is 27.7 Å². The molecule has 0 aromatic carbocycles. The molecule has 14 heavy (non-hydrogen) atoms. The normalized spacial score (nSPS) is 12.1. The fourth-order valence-electron chi connectivity index (χ4n) is 1.02. The molecule has 1 rings (SSSR count). The van der Waals surface area contributed by atoms with Crippen molar-refractivity contribution in [1.82, 2.24) is 9.55 Å². The van der Waals surface area contributed by atoms with Gasteiger partial charge in [-0.05, 0) is 29.7 Å². The molecule has 0 aliphatic heterocycles. The second-order valence-corrected chi connectivity index (χ2v) is 4.20. The number of aromatic nitrogens is 2.